The number of hydrogen-bond donors (Lipinski definition) is 4. The van der Waals surface area contributed by atoms with E-state index in [1.54, 1.807) is 20.8 Å². The predicted molar refractivity (Wildman–Crippen MR) is 88.1 cm³/mol. The summed E-state index contributed by atoms with van der Waals surface area (Å²) < 4.78 is 35.6. The van der Waals surface area contributed by atoms with Crippen LogP contribution in [0.15, 0.2) is 0 Å². The number of rotatable bonds is 8. The summed E-state index contributed by atoms with van der Waals surface area (Å²) in [6.07, 6.45) is 0.00969. The Balaban J connectivity index is 5.28. The number of alkyl carbamates (subject to hydrolysis) is 1. The van der Waals surface area contributed by atoms with Gasteiger partial charge in [0, 0.05) is 0 Å². The van der Waals surface area contributed by atoms with Crippen molar-refractivity contribution >= 4 is 22.1 Å². The first-order valence-electron chi connectivity index (χ1n) is 7.41. The van der Waals surface area contributed by atoms with Crippen molar-refractivity contribution < 1.29 is 27.5 Å². The molecule has 0 fully saturated rings. The Morgan fingerprint density at radius 3 is 2.17 bits per heavy atom. The van der Waals surface area contributed by atoms with E-state index in [0.29, 0.717) is 12.8 Å². The van der Waals surface area contributed by atoms with Crippen LogP contribution in [0, 0.1) is 0 Å². The van der Waals surface area contributed by atoms with Crippen LogP contribution >= 0.6 is 0 Å². The number of ether oxygens (including phenoxy) is 2. The molecule has 0 aromatic carbocycles. The zero-order valence-corrected chi connectivity index (χ0v) is 15.5. The van der Waals surface area contributed by atoms with Crippen LogP contribution in [0.4, 0.5) is 4.79 Å². The Hall–Kier alpha value is -1.43. The summed E-state index contributed by atoms with van der Waals surface area (Å²) in [5, 5.41) is 2.07. The highest BCUT2D eigenvalue weighted by Crippen LogP contribution is 2.09. The summed E-state index contributed by atoms with van der Waals surface area (Å²) in [6.45, 7) is 6.67. The first kappa shape index (κ1) is 22.6. The number of amides is 1. The Morgan fingerprint density at radius 1 is 1.21 bits per heavy atom. The van der Waals surface area contributed by atoms with Gasteiger partial charge in [-0.05, 0) is 27.2 Å². The van der Waals surface area contributed by atoms with E-state index in [0.717, 1.165) is 7.11 Å². The van der Waals surface area contributed by atoms with Gasteiger partial charge in [-0.1, -0.05) is 13.3 Å². The van der Waals surface area contributed by atoms with Crippen molar-refractivity contribution in [2.24, 2.45) is 11.5 Å². The normalized spacial score (nSPS) is 14.0. The van der Waals surface area contributed by atoms with Crippen molar-refractivity contribution in [2.45, 2.75) is 58.0 Å². The Labute approximate surface area is 142 Å². The smallest absolute Gasteiger partial charge is 0.410 e. The molecule has 0 spiro atoms. The molecule has 0 unspecified atom stereocenters. The third-order valence-electron chi connectivity index (χ3n) is 2.70. The first-order chi connectivity index (χ1) is 10.7. The SMILES string of the molecule is CCCCS(=O)(=O)N[C@H](C(=O)OC)C(N)(N)NC(=O)OC(C)(C)C. The molecule has 142 valence electrons. The van der Waals surface area contributed by atoms with Crippen molar-refractivity contribution in [2.75, 3.05) is 12.9 Å². The van der Waals surface area contributed by atoms with E-state index >= 15 is 0 Å². The summed E-state index contributed by atoms with van der Waals surface area (Å²) in [6, 6.07) is -1.73. The van der Waals surface area contributed by atoms with E-state index in [1.165, 1.54) is 0 Å². The van der Waals surface area contributed by atoms with Gasteiger partial charge in [-0.25, -0.2) is 13.2 Å². The molecule has 0 saturated carbocycles. The molecule has 24 heavy (non-hydrogen) atoms. The molecule has 0 aliphatic heterocycles. The van der Waals surface area contributed by atoms with Gasteiger partial charge in [0.2, 0.25) is 10.0 Å². The van der Waals surface area contributed by atoms with Gasteiger partial charge in [0.05, 0.1) is 12.9 Å². The van der Waals surface area contributed by atoms with E-state index in [-0.39, 0.29) is 5.75 Å². The fourth-order valence-electron chi connectivity index (χ4n) is 1.58. The number of nitrogens with two attached hydrogens (primary N) is 2. The van der Waals surface area contributed by atoms with E-state index < -0.39 is 39.5 Å². The molecule has 10 nitrogen and oxygen atoms in total. The van der Waals surface area contributed by atoms with Gasteiger partial charge >= 0.3 is 12.1 Å². The van der Waals surface area contributed by atoms with Crippen molar-refractivity contribution in [1.29, 1.82) is 0 Å². The summed E-state index contributed by atoms with van der Waals surface area (Å²) in [5.41, 5.74) is 10.6. The number of hydrogen-bond acceptors (Lipinski definition) is 8. The molecular weight excluding hydrogens is 340 g/mol. The molecule has 0 aliphatic carbocycles. The minimum atomic E-state index is -3.86. The third-order valence-corrected chi connectivity index (χ3v) is 4.12. The molecule has 11 heteroatoms. The molecule has 1 amide bonds. The summed E-state index contributed by atoms with van der Waals surface area (Å²) >= 11 is 0. The topological polar surface area (TPSA) is 163 Å². The summed E-state index contributed by atoms with van der Waals surface area (Å²) in [4.78, 5) is 23.7. The van der Waals surface area contributed by atoms with Crippen molar-refractivity contribution in [3.05, 3.63) is 0 Å². The van der Waals surface area contributed by atoms with Gasteiger partial charge < -0.3 is 9.47 Å². The van der Waals surface area contributed by atoms with E-state index in [9.17, 15) is 18.0 Å². The lowest BCUT2D eigenvalue weighted by Gasteiger charge is -2.33. The van der Waals surface area contributed by atoms with Crippen LogP contribution in [0.3, 0.4) is 0 Å². The third kappa shape index (κ3) is 8.43. The lowest BCUT2D eigenvalue weighted by atomic mass is 10.1. The van der Waals surface area contributed by atoms with Gasteiger partial charge in [-0.15, -0.1) is 0 Å². The van der Waals surface area contributed by atoms with Crippen LogP contribution in [0.2, 0.25) is 0 Å². The summed E-state index contributed by atoms with van der Waals surface area (Å²) in [7, 11) is -2.81. The van der Waals surface area contributed by atoms with Crippen molar-refractivity contribution in [3.63, 3.8) is 0 Å². The average molecular weight is 368 g/mol. The molecule has 0 bridgehead atoms. The summed E-state index contributed by atoms with van der Waals surface area (Å²) in [5.74, 6) is -3.52. The van der Waals surface area contributed by atoms with Gasteiger partial charge in [0.25, 0.3) is 0 Å². The maximum absolute atomic E-state index is 12.0. The standard InChI is InChI=1S/C13H28N4O6S/c1-6-7-8-24(20,21)17-9(10(18)22-5)13(14,15)16-11(19)23-12(2,3)4/h9,17H,6-8,14-15H2,1-5H3,(H,16,19)/t9-/m1/s1. The van der Waals surface area contributed by atoms with Gasteiger partial charge in [0.15, 0.2) is 11.8 Å². The monoisotopic (exact) mass is 368 g/mol. The van der Waals surface area contributed by atoms with Crippen LogP contribution < -0.4 is 21.5 Å². The lowest BCUT2D eigenvalue weighted by Crippen LogP contribution is -2.76. The van der Waals surface area contributed by atoms with E-state index in [1.807, 2.05) is 6.92 Å². The second-order valence-electron chi connectivity index (χ2n) is 6.31. The highest BCUT2D eigenvalue weighted by Gasteiger charge is 2.42. The Morgan fingerprint density at radius 2 is 1.75 bits per heavy atom. The fourth-order valence-corrected chi connectivity index (χ4v) is 3.02. The molecule has 0 heterocycles. The number of esters is 1. The average Bonchev–Trinajstić information content (AvgIpc) is 2.39. The largest absolute Gasteiger partial charge is 0.468 e. The maximum Gasteiger partial charge on any atom is 0.410 e. The fraction of sp³-hybridized carbons (Fsp3) is 0.846. The number of nitrogens with one attached hydrogen (secondary N) is 2. The van der Waals surface area contributed by atoms with Crippen molar-refractivity contribution in [3.8, 4) is 0 Å². The van der Waals surface area contributed by atoms with Crippen LogP contribution in [0.25, 0.3) is 0 Å². The lowest BCUT2D eigenvalue weighted by molar-refractivity contribution is -0.144. The van der Waals surface area contributed by atoms with E-state index in [2.05, 4.69) is 14.8 Å². The number of carbonyl (C=O) groups excluding carboxylic acids is 2. The molecule has 6 N–H and O–H groups in total. The zero-order valence-electron chi connectivity index (χ0n) is 14.7. The highest BCUT2D eigenvalue weighted by atomic mass is 32.2. The zero-order chi connectivity index (χ0) is 19.2. The first-order valence-corrected chi connectivity index (χ1v) is 9.06. The molecule has 0 radical (unpaired) electrons. The predicted octanol–water partition coefficient (Wildman–Crippen LogP) is -0.657. The van der Waals surface area contributed by atoms with Crippen molar-refractivity contribution in [1.82, 2.24) is 10.0 Å². The van der Waals surface area contributed by atoms with E-state index in [4.69, 9.17) is 16.2 Å². The molecule has 0 aromatic heterocycles. The quantitative estimate of drug-likeness (QED) is 0.324. The number of methoxy groups -OCH3 is 1. The molecule has 0 rings (SSSR count). The molecular formula is C13H28N4O6S. The second-order valence-corrected chi connectivity index (χ2v) is 8.18. The minimum absolute atomic E-state index is 0.223. The molecule has 0 aromatic rings. The minimum Gasteiger partial charge on any atom is -0.468 e. The molecule has 1 atom stereocenters. The van der Waals surface area contributed by atoms with Crippen LogP contribution in [0.5, 0.6) is 0 Å². The molecule has 0 saturated heterocycles. The van der Waals surface area contributed by atoms with Gasteiger partial charge in [-0.3, -0.25) is 21.6 Å². The van der Waals surface area contributed by atoms with Gasteiger partial charge in [0.1, 0.15) is 5.60 Å². The Kier molecular flexibility index (Phi) is 8.09. The van der Waals surface area contributed by atoms with Crippen LogP contribution in [0.1, 0.15) is 40.5 Å². The second kappa shape index (κ2) is 8.60. The number of carbonyl (C=O) groups is 2. The number of sulfonamides is 1. The molecule has 0 aliphatic rings. The van der Waals surface area contributed by atoms with Gasteiger partial charge in [-0.2, -0.15) is 4.72 Å². The Bertz CT molecular complexity index is 541. The maximum atomic E-state index is 12.0. The highest BCUT2D eigenvalue weighted by molar-refractivity contribution is 7.89. The number of unbranched alkanes of at least 4 members (excludes halogenated alkanes) is 1. The van der Waals surface area contributed by atoms with Crippen LogP contribution in [-0.4, -0.2) is 50.8 Å². The van der Waals surface area contributed by atoms with Crippen LogP contribution in [-0.2, 0) is 24.3 Å².